The lowest BCUT2D eigenvalue weighted by Crippen LogP contribution is -2.19. The van der Waals surface area contributed by atoms with Crippen LogP contribution in [-0.4, -0.2) is 5.38 Å². The molecule has 2 aromatic rings. The van der Waals surface area contributed by atoms with E-state index in [1.807, 2.05) is 0 Å². The van der Waals surface area contributed by atoms with Crippen molar-refractivity contribution >= 4 is 22.4 Å². The molecule has 0 aliphatic rings. The molecule has 0 amide bonds. The summed E-state index contributed by atoms with van der Waals surface area (Å²) in [6, 6.07) is 15.0. The molecular formula is C17H21Cl. The lowest BCUT2D eigenvalue weighted by Gasteiger charge is -2.22. The third kappa shape index (κ3) is 2.87. The SMILES string of the molecule is CC(C)C(C)C(Cl)Cc1cccc2ccccc12. The summed E-state index contributed by atoms with van der Waals surface area (Å²) in [5.41, 5.74) is 1.36. The molecule has 0 nitrogen and oxygen atoms in total. The normalized spacial score (nSPS) is 14.9. The molecule has 18 heavy (non-hydrogen) atoms. The first kappa shape index (κ1) is 13.4. The third-order valence-corrected chi connectivity index (χ3v) is 4.47. The molecule has 0 bridgehead atoms. The van der Waals surface area contributed by atoms with E-state index < -0.39 is 0 Å². The molecule has 2 rings (SSSR count). The Labute approximate surface area is 115 Å². The molecule has 2 atom stereocenters. The summed E-state index contributed by atoms with van der Waals surface area (Å²) in [5.74, 6) is 1.16. The van der Waals surface area contributed by atoms with Crippen LogP contribution in [0.1, 0.15) is 26.3 Å². The summed E-state index contributed by atoms with van der Waals surface area (Å²) >= 11 is 6.56. The van der Waals surface area contributed by atoms with E-state index in [9.17, 15) is 0 Å². The van der Waals surface area contributed by atoms with Crippen LogP contribution in [0.2, 0.25) is 0 Å². The van der Waals surface area contributed by atoms with Crippen molar-refractivity contribution in [2.45, 2.75) is 32.6 Å². The maximum atomic E-state index is 6.56. The average Bonchev–Trinajstić information content (AvgIpc) is 2.38. The van der Waals surface area contributed by atoms with Crippen LogP contribution in [0, 0.1) is 11.8 Å². The van der Waals surface area contributed by atoms with Gasteiger partial charge >= 0.3 is 0 Å². The van der Waals surface area contributed by atoms with Crippen LogP contribution in [0.15, 0.2) is 42.5 Å². The van der Waals surface area contributed by atoms with Crippen molar-refractivity contribution in [1.82, 2.24) is 0 Å². The van der Waals surface area contributed by atoms with Gasteiger partial charge in [0.05, 0.1) is 0 Å². The molecule has 0 radical (unpaired) electrons. The van der Waals surface area contributed by atoms with Crippen LogP contribution in [0.5, 0.6) is 0 Å². The maximum Gasteiger partial charge on any atom is 0.0404 e. The number of alkyl halides is 1. The van der Waals surface area contributed by atoms with Gasteiger partial charge in [0.15, 0.2) is 0 Å². The van der Waals surface area contributed by atoms with Gasteiger partial charge in [-0.1, -0.05) is 63.2 Å². The number of hydrogen-bond donors (Lipinski definition) is 0. The highest BCUT2D eigenvalue weighted by atomic mass is 35.5. The minimum absolute atomic E-state index is 0.204. The van der Waals surface area contributed by atoms with Gasteiger partial charge in [-0.25, -0.2) is 0 Å². The molecular weight excluding hydrogens is 240 g/mol. The zero-order chi connectivity index (χ0) is 13.1. The summed E-state index contributed by atoms with van der Waals surface area (Å²) < 4.78 is 0. The summed E-state index contributed by atoms with van der Waals surface area (Å²) in [4.78, 5) is 0. The van der Waals surface area contributed by atoms with E-state index >= 15 is 0 Å². The first-order valence-electron chi connectivity index (χ1n) is 6.70. The van der Waals surface area contributed by atoms with Crippen LogP contribution >= 0.6 is 11.6 Å². The molecule has 96 valence electrons. The Hall–Kier alpha value is -1.01. The highest BCUT2D eigenvalue weighted by Gasteiger charge is 2.18. The van der Waals surface area contributed by atoms with E-state index in [2.05, 4.69) is 63.2 Å². The minimum atomic E-state index is 0.204. The Balaban J connectivity index is 2.27. The van der Waals surface area contributed by atoms with Gasteiger partial charge in [-0.15, -0.1) is 11.6 Å². The van der Waals surface area contributed by atoms with E-state index in [1.165, 1.54) is 16.3 Å². The average molecular weight is 261 g/mol. The fourth-order valence-corrected chi connectivity index (χ4v) is 2.74. The van der Waals surface area contributed by atoms with Gasteiger partial charge in [-0.05, 0) is 34.6 Å². The van der Waals surface area contributed by atoms with Gasteiger partial charge in [0.2, 0.25) is 0 Å². The summed E-state index contributed by atoms with van der Waals surface area (Å²) in [6.07, 6.45) is 0.947. The minimum Gasteiger partial charge on any atom is -0.122 e. The first-order chi connectivity index (χ1) is 8.59. The van der Waals surface area contributed by atoms with Gasteiger partial charge in [-0.3, -0.25) is 0 Å². The second-order valence-electron chi connectivity index (χ2n) is 5.46. The van der Waals surface area contributed by atoms with E-state index in [-0.39, 0.29) is 5.38 Å². The zero-order valence-corrected chi connectivity index (χ0v) is 12.1. The van der Waals surface area contributed by atoms with E-state index in [1.54, 1.807) is 0 Å². The van der Waals surface area contributed by atoms with Crippen molar-refractivity contribution in [3.05, 3.63) is 48.0 Å². The van der Waals surface area contributed by atoms with Crippen molar-refractivity contribution in [1.29, 1.82) is 0 Å². The van der Waals surface area contributed by atoms with Crippen molar-refractivity contribution in [3.63, 3.8) is 0 Å². The number of rotatable bonds is 4. The van der Waals surface area contributed by atoms with Crippen molar-refractivity contribution < 1.29 is 0 Å². The third-order valence-electron chi connectivity index (χ3n) is 3.92. The molecule has 2 unspecified atom stereocenters. The van der Waals surface area contributed by atoms with Crippen LogP contribution < -0.4 is 0 Å². The fourth-order valence-electron chi connectivity index (χ4n) is 2.28. The summed E-state index contributed by atoms with van der Waals surface area (Å²) in [5, 5.41) is 2.84. The first-order valence-corrected chi connectivity index (χ1v) is 7.14. The monoisotopic (exact) mass is 260 g/mol. The number of halogens is 1. The highest BCUT2D eigenvalue weighted by molar-refractivity contribution is 6.21. The topological polar surface area (TPSA) is 0 Å². The summed E-state index contributed by atoms with van der Waals surface area (Å²) in [7, 11) is 0. The molecule has 0 aliphatic carbocycles. The van der Waals surface area contributed by atoms with E-state index in [4.69, 9.17) is 11.6 Å². The molecule has 0 N–H and O–H groups in total. The molecule has 0 saturated heterocycles. The van der Waals surface area contributed by atoms with Gasteiger partial charge in [0.1, 0.15) is 0 Å². The van der Waals surface area contributed by atoms with Crippen LogP contribution in [-0.2, 0) is 6.42 Å². The number of fused-ring (bicyclic) bond motifs is 1. The number of hydrogen-bond acceptors (Lipinski definition) is 0. The molecule has 1 heteroatoms. The quantitative estimate of drug-likeness (QED) is 0.656. The predicted molar refractivity (Wildman–Crippen MR) is 81.3 cm³/mol. The Morgan fingerprint density at radius 1 is 0.944 bits per heavy atom. The molecule has 0 spiro atoms. The molecule has 2 aromatic carbocycles. The Morgan fingerprint density at radius 3 is 2.33 bits per heavy atom. The van der Waals surface area contributed by atoms with Crippen molar-refractivity contribution in [2.24, 2.45) is 11.8 Å². The molecule has 0 aliphatic heterocycles. The zero-order valence-electron chi connectivity index (χ0n) is 11.4. The van der Waals surface area contributed by atoms with Crippen LogP contribution in [0.3, 0.4) is 0 Å². The Kier molecular flexibility index (Phi) is 4.29. The second-order valence-corrected chi connectivity index (χ2v) is 6.02. The maximum absolute atomic E-state index is 6.56. The van der Waals surface area contributed by atoms with E-state index in [0.29, 0.717) is 11.8 Å². The van der Waals surface area contributed by atoms with Crippen LogP contribution in [0.4, 0.5) is 0 Å². The largest absolute Gasteiger partial charge is 0.122 e. The lowest BCUT2D eigenvalue weighted by atomic mass is 9.89. The second kappa shape index (κ2) is 5.75. The smallest absolute Gasteiger partial charge is 0.0404 e. The van der Waals surface area contributed by atoms with Crippen molar-refractivity contribution in [2.75, 3.05) is 0 Å². The van der Waals surface area contributed by atoms with Crippen LogP contribution in [0.25, 0.3) is 10.8 Å². The fraction of sp³-hybridized carbons (Fsp3) is 0.412. The molecule has 0 aromatic heterocycles. The highest BCUT2D eigenvalue weighted by Crippen LogP contribution is 2.26. The van der Waals surface area contributed by atoms with Crippen molar-refractivity contribution in [3.8, 4) is 0 Å². The molecule has 0 saturated carbocycles. The van der Waals surface area contributed by atoms with E-state index in [0.717, 1.165) is 6.42 Å². The molecule has 0 heterocycles. The van der Waals surface area contributed by atoms with Gasteiger partial charge < -0.3 is 0 Å². The standard InChI is InChI=1S/C17H21Cl/c1-12(2)13(3)17(18)11-15-9-6-8-14-7-4-5-10-16(14)15/h4-10,12-13,17H,11H2,1-3H3. The van der Waals surface area contributed by atoms with Gasteiger partial charge in [0.25, 0.3) is 0 Å². The predicted octanol–water partition coefficient (Wildman–Crippen LogP) is 5.28. The number of benzene rings is 2. The molecule has 0 fully saturated rings. The lowest BCUT2D eigenvalue weighted by molar-refractivity contribution is 0.399. The Bertz CT molecular complexity index is 511. The Morgan fingerprint density at radius 2 is 1.61 bits per heavy atom. The van der Waals surface area contributed by atoms with Gasteiger partial charge in [-0.2, -0.15) is 0 Å². The van der Waals surface area contributed by atoms with Gasteiger partial charge in [0, 0.05) is 5.38 Å². The summed E-state index contributed by atoms with van der Waals surface area (Å²) in [6.45, 7) is 6.72.